The number of thiophene rings is 1. The Bertz CT molecular complexity index is 285. The summed E-state index contributed by atoms with van der Waals surface area (Å²) >= 11 is 1.66. The van der Waals surface area contributed by atoms with Crippen LogP contribution in [0.3, 0.4) is 0 Å². The van der Waals surface area contributed by atoms with Crippen LogP contribution in [0.2, 0.25) is 0 Å². The van der Waals surface area contributed by atoms with E-state index in [1.807, 2.05) is 17.5 Å². The van der Waals surface area contributed by atoms with E-state index in [0.29, 0.717) is 6.42 Å². The number of esters is 1. The second kappa shape index (κ2) is 6.58. The van der Waals surface area contributed by atoms with Gasteiger partial charge in [0.05, 0.1) is 19.6 Å². The number of methoxy groups -OCH3 is 1. The molecule has 0 radical (unpaired) electrons. The van der Waals surface area contributed by atoms with Gasteiger partial charge in [0.25, 0.3) is 0 Å². The van der Waals surface area contributed by atoms with E-state index < -0.39 is 0 Å². The molecule has 3 nitrogen and oxygen atoms in total. The Kier molecular flexibility index (Phi) is 5.36. The molecule has 0 aromatic carbocycles. The third kappa shape index (κ3) is 4.01. The van der Waals surface area contributed by atoms with Gasteiger partial charge < -0.3 is 10.1 Å². The summed E-state index contributed by atoms with van der Waals surface area (Å²) in [6.45, 7) is 3.02. The van der Waals surface area contributed by atoms with Crippen LogP contribution in [0.1, 0.15) is 30.7 Å². The van der Waals surface area contributed by atoms with Gasteiger partial charge in [-0.25, -0.2) is 0 Å². The number of ether oxygens (including phenoxy) is 1. The average molecular weight is 227 g/mol. The van der Waals surface area contributed by atoms with Gasteiger partial charge in [0, 0.05) is 4.88 Å². The van der Waals surface area contributed by atoms with Crippen LogP contribution in [-0.2, 0) is 9.53 Å². The number of hydrogen-bond donors (Lipinski definition) is 1. The van der Waals surface area contributed by atoms with E-state index in [2.05, 4.69) is 17.0 Å². The molecule has 0 aliphatic rings. The van der Waals surface area contributed by atoms with E-state index in [4.69, 9.17) is 0 Å². The molecule has 0 saturated heterocycles. The first-order chi connectivity index (χ1) is 7.27. The van der Waals surface area contributed by atoms with Crippen molar-refractivity contribution in [3.8, 4) is 0 Å². The monoisotopic (exact) mass is 227 g/mol. The predicted octanol–water partition coefficient (Wildman–Crippen LogP) is 2.35. The molecular weight excluding hydrogens is 210 g/mol. The Hall–Kier alpha value is -0.870. The molecule has 1 unspecified atom stereocenters. The van der Waals surface area contributed by atoms with Crippen molar-refractivity contribution in [3.63, 3.8) is 0 Å². The van der Waals surface area contributed by atoms with E-state index in [0.717, 1.165) is 13.0 Å². The molecule has 0 bridgehead atoms. The number of carbonyl (C=O) groups is 1. The fourth-order valence-corrected chi connectivity index (χ4v) is 2.13. The number of nitrogens with one attached hydrogen (secondary N) is 1. The van der Waals surface area contributed by atoms with Crippen molar-refractivity contribution >= 4 is 17.3 Å². The summed E-state index contributed by atoms with van der Waals surface area (Å²) < 4.78 is 4.68. The quantitative estimate of drug-likeness (QED) is 0.758. The molecule has 1 heterocycles. The van der Waals surface area contributed by atoms with Crippen LogP contribution in [0.15, 0.2) is 17.5 Å². The molecule has 0 saturated carbocycles. The summed E-state index contributed by atoms with van der Waals surface area (Å²) in [4.78, 5) is 12.4. The highest BCUT2D eigenvalue weighted by Gasteiger charge is 2.16. The van der Waals surface area contributed by atoms with Crippen molar-refractivity contribution < 1.29 is 9.53 Å². The van der Waals surface area contributed by atoms with E-state index >= 15 is 0 Å². The smallest absolute Gasteiger partial charge is 0.307 e. The van der Waals surface area contributed by atoms with Crippen molar-refractivity contribution in [2.75, 3.05) is 13.7 Å². The third-order valence-corrected chi connectivity index (χ3v) is 3.11. The summed E-state index contributed by atoms with van der Waals surface area (Å²) in [5.41, 5.74) is 0. The normalized spacial score (nSPS) is 12.4. The summed E-state index contributed by atoms with van der Waals surface area (Å²) in [6.07, 6.45) is 1.46. The topological polar surface area (TPSA) is 38.3 Å². The first-order valence-corrected chi connectivity index (χ1v) is 5.99. The molecule has 0 fully saturated rings. The van der Waals surface area contributed by atoms with E-state index in [1.54, 1.807) is 11.3 Å². The minimum atomic E-state index is -0.169. The fourth-order valence-electron chi connectivity index (χ4n) is 1.33. The number of carbonyl (C=O) groups excluding carboxylic acids is 1. The molecule has 1 atom stereocenters. The Morgan fingerprint density at radius 3 is 3.00 bits per heavy atom. The van der Waals surface area contributed by atoms with E-state index in [-0.39, 0.29) is 12.0 Å². The van der Waals surface area contributed by atoms with E-state index in [1.165, 1.54) is 12.0 Å². The van der Waals surface area contributed by atoms with Crippen molar-refractivity contribution in [2.45, 2.75) is 25.8 Å². The lowest BCUT2D eigenvalue weighted by molar-refractivity contribution is -0.141. The molecule has 0 spiro atoms. The fraction of sp³-hybridized carbons (Fsp3) is 0.545. The highest BCUT2D eigenvalue weighted by Crippen LogP contribution is 2.22. The maximum atomic E-state index is 11.2. The summed E-state index contributed by atoms with van der Waals surface area (Å²) in [6, 6.07) is 4.14. The first kappa shape index (κ1) is 12.2. The molecule has 0 amide bonds. The van der Waals surface area contributed by atoms with Gasteiger partial charge in [0.15, 0.2) is 0 Å². The molecule has 1 rings (SSSR count). The molecule has 1 N–H and O–H groups in total. The largest absolute Gasteiger partial charge is 0.469 e. The predicted molar refractivity (Wildman–Crippen MR) is 62.0 cm³/mol. The Morgan fingerprint density at radius 1 is 1.67 bits per heavy atom. The Labute approximate surface area is 94.5 Å². The van der Waals surface area contributed by atoms with Crippen LogP contribution >= 0.6 is 11.3 Å². The van der Waals surface area contributed by atoms with Gasteiger partial charge in [-0.05, 0) is 24.4 Å². The van der Waals surface area contributed by atoms with Crippen molar-refractivity contribution in [3.05, 3.63) is 22.4 Å². The van der Waals surface area contributed by atoms with Crippen LogP contribution in [-0.4, -0.2) is 19.6 Å². The first-order valence-electron chi connectivity index (χ1n) is 5.11. The molecule has 1 aromatic heterocycles. The van der Waals surface area contributed by atoms with Crippen LogP contribution in [0.5, 0.6) is 0 Å². The van der Waals surface area contributed by atoms with Gasteiger partial charge in [0.2, 0.25) is 0 Å². The van der Waals surface area contributed by atoms with Gasteiger partial charge in [0.1, 0.15) is 0 Å². The Morgan fingerprint density at radius 2 is 2.47 bits per heavy atom. The van der Waals surface area contributed by atoms with Crippen LogP contribution in [0.4, 0.5) is 0 Å². The molecule has 1 aromatic rings. The van der Waals surface area contributed by atoms with Gasteiger partial charge in [-0.15, -0.1) is 11.3 Å². The van der Waals surface area contributed by atoms with Gasteiger partial charge in [-0.1, -0.05) is 13.0 Å². The van der Waals surface area contributed by atoms with Crippen molar-refractivity contribution in [1.29, 1.82) is 0 Å². The minimum Gasteiger partial charge on any atom is -0.469 e. The SMILES string of the molecule is CCCNC(CC(=O)OC)c1cccs1. The molecule has 0 aliphatic heterocycles. The Balaban J connectivity index is 2.57. The van der Waals surface area contributed by atoms with Crippen LogP contribution < -0.4 is 5.32 Å². The maximum Gasteiger partial charge on any atom is 0.307 e. The molecule has 84 valence electrons. The van der Waals surface area contributed by atoms with Crippen LogP contribution in [0.25, 0.3) is 0 Å². The summed E-state index contributed by atoms with van der Waals surface area (Å²) in [7, 11) is 1.42. The van der Waals surface area contributed by atoms with Crippen LogP contribution in [0, 0.1) is 0 Å². The molecular formula is C11H17NO2S. The van der Waals surface area contributed by atoms with Gasteiger partial charge in [-0.2, -0.15) is 0 Å². The lowest BCUT2D eigenvalue weighted by atomic mass is 10.1. The van der Waals surface area contributed by atoms with E-state index in [9.17, 15) is 4.79 Å². The highest BCUT2D eigenvalue weighted by atomic mass is 32.1. The van der Waals surface area contributed by atoms with Gasteiger partial charge >= 0.3 is 5.97 Å². The van der Waals surface area contributed by atoms with Crippen molar-refractivity contribution in [2.24, 2.45) is 0 Å². The zero-order valence-electron chi connectivity index (χ0n) is 9.16. The molecule has 15 heavy (non-hydrogen) atoms. The molecule has 4 heteroatoms. The second-order valence-electron chi connectivity index (χ2n) is 3.30. The minimum absolute atomic E-state index is 0.0948. The zero-order chi connectivity index (χ0) is 11.1. The highest BCUT2D eigenvalue weighted by molar-refractivity contribution is 7.10. The lowest BCUT2D eigenvalue weighted by Crippen LogP contribution is -2.24. The number of hydrogen-bond acceptors (Lipinski definition) is 4. The maximum absolute atomic E-state index is 11.2. The lowest BCUT2D eigenvalue weighted by Gasteiger charge is -2.15. The average Bonchev–Trinajstić information content (AvgIpc) is 2.77. The van der Waals surface area contributed by atoms with Crippen molar-refractivity contribution in [1.82, 2.24) is 5.32 Å². The summed E-state index contributed by atoms with van der Waals surface area (Å²) in [5, 5.41) is 5.37. The standard InChI is InChI=1S/C11H17NO2S/c1-3-6-12-9(8-11(13)14-2)10-5-4-7-15-10/h4-5,7,9,12H,3,6,8H2,1-2H3. The third-order valence-electron chi connectivity index (χ3n) is 2.13. The molecule has 0 aliphatic carbocycles. The summed E-state index contributed by atoms with van der Waals surface area (Å²) in [5.74, 6) is -0.169. The zero-order valence-corrected chi connectivity index (χ0v) is 9.97. The number of rotatable bonds is 6. The van der Waals surface area contributed by atoms with Gasteiger partial charge in [-0.3, -0.25) is 4.79 Å². The second-order valence-corrected chi connectivity index (χ2v) is 4.28.